The van der Waals surface area contributed by atoms with Crippen LogP contribution in [0.3, 0.4) is 0 Å². The minimum atomic E-state index is -2.72. The molecule has 2 atom stereocenters. The lowest BCUT2D eigenvalue weighted by atomic mass is 9.96. The van der Waals surface area contributed by atoms with Crippen LogP contribution < -0.4 is 4.90 Å². The van der Waals surface area contributed by atoms with Crippen LogP contribution in [0.1, 0.15) is 31.1 Å². The molecule has 3 aromatic carbocycles. The van der Waals surface area contributed by atoms with Crippen LogP contribution in [0, 0.1) is 23.5 Å². The van der Waals surface area contributed by atoms with Crippen molar-refractivity contribution >= 4 is 28.4 Å². The van der Waals surface area contributed by atoms with Gasteiger partial charge < -0.3 is 14.6 Å². The number of halogens is 2. The molecule has 5 nitrogen and oxygen atoms in total. The van der Waals surface area contributed by atoms with Crippen molar-refractivity contribution in [3.05, 3.63) is 77.9 Å². The normalized spacial score (nSPS) is 13.1. The Morgan fingerprint density at radius 1 is 1.03 bits per heavy atom. The highest BCUT2D eigenvalue weighted by atomic mass is 32.2. The summed E-state index contributed by atoms with van der Waals surface area (Å²) < 4.78 is 53.5. The minimum absolute atomic E-state index is 0.0614. The van der Waals surface area contributed by atoms with E-state index >= 15 is 4.39 Å². The molecule has 3 rings (SSSR count). The molecule has 0 saturated carbocycles. The molecule has 0 radical (unpaired) electrons. The summed E-state index contributed by atoms with van der Waals surface area (Å²) in [6.07, 6.45) is 0. The van der Waals surface area contributed by atoms with Gasteiger partial charge in [0.05, 0.1) is 11.3 Å². The Labute approximate surface area is 194 Å². The van der Waals surface area contributed by atoms with Gasteiger partial charge in [0.15, 0.2) is 0 Å². The van der Waals surface area contributed by atoms with E-state index in [9.17, 15) is 23.1 Å². The van der Waals surface area contributed by atoms with E-state index in [1.807, 2.05) is 37.3 Å². The third-order valence-electron chi connectivity index (χ3n) is 5.70. The summed E-state index contributed by atoms with van der Waals surface area (Å²) in [4.78, 5) is 12.9. The molecule has 0 aromatic heterocycles. The zero-order valence-electron chi connectivity index (χ0n) is 18.4. The highest BCUT2D eigenvalue weighted by Gasteiger charge is 2.22. The molecule has 0 aliphatic carbocycles. The summed E-state index contributed by atoms with van der Waals surface area (Å²) in [5.41, 5.74) is 0.178. The molecule has 174 valence electrons. The smallest absolute Gasteiger partial charge is 0.338 e. The molecule has 0 bridgehead atoms. The van der Waals surface area contributed by atoms with Crippen molar-refractivity contribution < 1.29 is 27.4 Å². The van der Waals surface area contributed by atoms with Crippen LogP contribution in [0.5, 0.6) is 0 Å². The van der Waals surface area contributed by atoms with Crippen LogP contribution >= 0.6 is 0 Å². The van der Waals surface area contributed by atoms with Crippen molar-refractivity contribution in [3.63, 3.8) is 0 Å². The van der Waals surface area contributed by atoms with Gasteiger partial charge in [0, 0.05) is 22.7 Å². The molecule has 0 heterocycles. The largest absolute Gasteiger partial charge is 0.768 e. The van der Waals surface area contributed by atoms with Crippen LogP contribution in [-0.2, 0) is 11.1 Å². The predicted molar refractivity (Wildman–Crippen MR) is 123 cm³/mol. The van der Waals surface area contributed by atoms with Gasteiger partial charge in [-0.25, -0.2) is 13.6 Å². The van der Waals surface area contributed by atoms with Gasteiger partial charge in [0.25, 0.3) is 0 Å². The van der Waals surface area contributed by atoms with Gasteiger partial charge in [-0.1, -0.05) is 45.0 Å². The number of carboxylic acid groups (broad SMARTS) is 1. The van der Waals surface area contributed by atoms with Crippen LogP contribution in [0.25, 0.3) is 11.1 Å². The summed E-state index contributed by atoms with van der Waals surface area (Å²) >= 11 is -2.72. The maximum atomic E-state index is 15.3. The summed E-state index contributed by atoms with van der Waals surface area (Å²) in [5.74, 6) is -2.75. The Balaban J connectivity index is 2.20. The van der Waals surface area contributed by atoms with Gasteiger partial charge >= 0.3 is 5.97 Å². The minimum Gasteiger partial charge on any atom is -0.768 e. The average Bonchev–Trinajstić information content (AvgIpc) is 2.77. The number of aromatic carboxylic acids is 1. The second-order valence-corrected chi connectivity index (χ2v) is 9.11. The third-order valence-corrected chi connectivity index (χ3v) is 6.39. The zero-order chi connectivity index (χ0) is 24.3. The molecular weight excluding hydrogens is 448 g/mol. The molecule has 33 heavy (non-hydrogen) atoms. The fraction of sp³-hybridized carbons (Fsp3) is 0.240. The first kappa shape index (κ1) is 24.5. The molecule has 0 aliphatic heterocycles. The molecule has 0 aliphatic rings. The average molecular weight is 473 g/mol. The molecule has 0 spiro atoms. The predicted octanol–water partition coefficient (Wildman–Crippen LogP) is 6.00. The summed E-state index contributed by atoms with van der Waals surface area (Å²) in [7, 11) is 0. The van der Waals surface area contributed by atoms with Crippen LogP contribution in [-0.4, -0.2) is 26.4 Å². The van der Waals surface area contributed by atoms with E-state index in [1.165, 1.54) is 6.07 Å². The van der Waals surface area contributed by atoms with E-state index in [0.29, 0.717) is 18.2 Å². The summed E-state index contributed by atoms with van der Waals surface area (Å²) in [6, 6.07) is 14.5. The number of anilines is 2. The second kappa shape index (κ2) is 10.2. The number of para-hydroxylation sites is 1. The van der Waals surface area contributed by atoms with Crippen molar-refractivity contribution in [2.24, 2.45) is 11.8 Å². The van der Waals surface area contributed by atoms with Gasteiger partial charge in [-0.2, -0.15) is 0 Å². The zero-order valence-corrected chi connectivity index (χ0v) is 19.2. The van der Waals surface area contributed by atoms with E-state index in [0.717, 1.165) is 24.3 Å². The highest BCUT2D eigenvalue weighted by molar-refractivity contribution is 7.79. The number of carbonyl (C=O) groups is 1. The van der Waals surface area contributed by atoms with E-state index in [2.05, 4.69) is 13.8 Å². The van der Waals surface area contributed by atoms with Gasteiger partial charge in [-0.3, -0.25) is 4.21 Å². The Morgan fingerprint density at radius 3 is 2.27 bits per heavy atom. The van der Waals surface area contributed by atoms with E-state index in [4.69, 9.17) is 0 Å². The molecule has 2 unspecified atom stereocenters. The van der Waals surface area contributed by atoms with E-state index < -0.39 is 34.2 Å². The standard InChI is InChI=1S/C25H25F2NO4S/c1-15(2)16(3)14-28(18-7-5-4-6-8-18)23-13-22(27)19(12-24(23)33(31)32)17-9-10-21(26)20(11-17)25(29)30/h4-13,15-16H,14H2,1-3H3,(H,29,30)(H,31,32)/p-1. The number of carboxylic acids is 1. The molecule has 0 saturated heterocycles. The molecule has 1 N–H and O–H groups in total. The Hall–Kier alpha value is -3.10. The first-order valence-corrected chi connectivity index (χ1v) is 11.5. The molecule has 0 amide bonds. The number of rotatable bonds is 8. The van der Waals surface area contributed by atoms with E-state index in [-0.39, 0.29) is 27.6 Å². The summed E-state index contributed by atoms with van der Waals surface area (Å²) in [5, 5.41) is 9.18. The maximum absolute atomic E-state index is 15.3. The number of hydrogen-bond donors (Lipinski definition) is 1. The quantitative estimate of drug-likeness (QED) is 0.407. The molecular formula is C25H24F2NO4S-. The highest BCUT2D eigenvalue weighted by Crippen LogP contribution is 2.37. The van der Waals surface area contributed by atoms with Gasteiger partial charge in [-0.15, -0.1) is 0 Å². The number of benzene rings is 3. The topological polar surface area (TPSA) is 80.7 Å². The van der Waals surface area contributed by atoms with Gasteiger partial charge in [0.2, 0.25) is 0 Å². The first-order valence-electron chi connectivity index (χ1n) is 10.4. The van der Waals surface area contributed by atoms with Crippen molar-refractivity contribution in [2.45, 2.75) is 25.7 Å². The van der Waals surface area contributed by atoms with Crippen LogP contribution in [0.4, 0.5) is 20.2 Å². The monoisotopic (exact) mass is 472 g/mol. The fourth-order valence-electron chi connectivity index (χ4n) is 3.41. The van der Waals surface area contributed by atoms with Crippen molar-refractivity contribution in [1.29, 1.82) is 0 Å². The van der Waals surface area contributed by atoms with Crippen LogP contribution in [0.15, 0.2) is 65.6 Å². The van der Waals surface area contributed by atoms with Gasteiger partial charge in [0.1, 0.15) is 11.6 Å². The lowest BCUT2D eigenvalue weighted by molar-refractivity contribution is 0.0692. The Kier molecular flexibility index (Phi) is 7.61. The lowest BCUT2D eigenvalue weighted by Crippen LogP contribution is -2.27. The second-order valence-electron chi connectivity index (χ2n) is 8.20. The first-order chi connectivity index (χ1) is 15.6. The molecule has 3 aromatic rings. The molecule has 8 heteroatoms. The Bertz CT molecular complexity index is 1180. The van der Waals surface area contributed by atoms with E-state index in [1.54, 1.807) is 4.90 Å². The number of hydrogen-bond acceptors (Lipinski definition) is 4. The van der Waals surface area contributed by atoms with Gasteiger partial charge in [-0.05, 0) is 64.9 Å². The SMILES string of the molecule is CC(C)C(C)CN(c1ccccc1)c1cc(F)c(-c2ccc(F)c(C(=O)O)c2)cc1S(=O)[O-]. The number of nitrogens with zero attached hydrogens (tertiary/aromatic N) is 1. The van der Waals surface area contributed by atoms with Crippen molar-refractivity contribution in [1.82, 2.24) is 0 Å². The Morgan fingerprint density at radius 2 is 1.70 bits per heavy atom. The van der Waals surface area contributed by atoms with Crippen molar-refractivity contribution in [3.8, 4) is 11.1 Å². The third kappa shape index (κ3) is 5.46. The lowest BCUT2D eigenvalue weighted by Gasteiger charge is -2.32. The maximum Gasteiger partial charge on any atom is 0.338 e. The molecule has 0 fully saturated rings. The van der Waals surface area contributed by atoms with Crippen LogP contribution in [0.2, 0.25) is 0 Å². The van der Waals surface area contributed by atoms with Crippen molar-refractivity contribution in [2.75, 3.05) is 11.4 Å². The fourth-order valence-corrected chi connectivity index (χ4v) is 3.97. The summed E-state index contributed by atoms with van der Waals surface area (Å²) in [6.45, 7) is 6.59.